The van der Waals surface area contributed by atoms with Crippen LogP contribution in [0.2, 0.25) is 0 Å². The van der Waals surface area contributed by atoms with Crippen LogP contribution in [0.4, 0.5) is 0 Å². The average Bonchev–Trinajstić information content (AvgIpc) is 2.85. The van der Waals surface area contributed by atoms with E-state index in [1.165, 1.54) is 0 Å². The Morgan fingerprint density at radius 1 is 1.13 bits per heavy atom. The fourth-order valence-electron chi connectivity index (χ4n) is 2.11. The van der Waals surface area contributed by atoms with Gasteiger partial charge in [-0.1, -0.05) is 12.1 Å². The van der Waals surface area contributed by atoms with Crippen LogP contribution in [0.5, 0.6) is 5.75 Å². The molecule has 0 aliphatic rings. The Bertz CT molecular complexity index is 734. The molecule has 0 spiro atoms. The highest BCUT2D eigenvalue weighted by atomic mass is 16.5. The maximum Gasteiger partial charge on any atom is 0.276 e. The van der Waals surface area contributed by atoms with Gasteiger partial charge in [-0.3, -0.25) is 20.4 Å². The van der Waals surface area contributed by atoms with Crippen LogP contribution in [0.3, 0.4) is 0 Å². The molecule has 0 saturated carbocycles. The van der Waals surface area contributed by atoms with Gasteiger partial charge in [-0.2, -0.15) is 0 Å². The lowest BCUT2D eigenvalue weighted by Crippen LogP contribution is -2.43. The van der Waals surface area contributed by atoms with Crippen LogP contribution < -0.4 is 15.6 Å². The summed E-state index contributed by atoms with van der Waals surface area (Å²) in [5, 5.41) is 0. The summed E-state index contributed by atoms with van der Waals surface area (Å²) < 4.78 is 10.7. The number of hydrogen-bond acceptors (Lipinski definition) is 4. The summed E-state index contributed by atoms with van der Waals surface area (Å²) in [6, 6.07) is 7.24. The third-order valence-corrected chi connectivity index (χ3v) is 3.51. The molecule has 2 amide bonds. The molecule has 6 heteroatoms. The number of hydrazine groups is 1. The lowest BCUT2D eigenvalue weighted by molar-refractivity contribution is -0.123. The molecule has 0 saturated heterocycles. The minimum absolute atomic E-state index is 0.187. The van der Waals surface area contributed by atoms with Gasteiger partial charge in [-0.05, 0) is 51.0 Å². The van der Waals surface area contributed by atoms with Gasteiger partial charge in [0.15, 0.2) is 6.61 Å². The molecule has 122 valence electrons. The number of carbonyl (C=O) groups excluding carboxylic acids is 2. The molecule has 2 N–H and O–H groups in total. The topological polar surface area (TPSA) is 80.6 Å². The molecule has 0 atom stereocenters. The maximum atomic E-state index is 11.9. The van der Waals surface area contributed by atoms with Gasteiger partial charge in [0.05, 0.1) is 5.56 Å². The maximum absolute atomic E-state index is 11.9. The molecule has 1 aromatic carbocycles. The lowest BCUT2D eigenvalue weighted by Gasteiger charge is -2.11. The van der Waals surface area contributed by atoms with Crippen molar-refractivity contribution in [2.75, 3.05) is 6.61 Å². The molecule has 2 aromatic rings. The predicted molar refractivity (Wildman–Crippen MR) is 85.2 cm³/mol. The van der Waals surface area contributed by atoms with Gasteiger partial charge in [0.25, 0.3) is 11.8 Å². The number of furan rings is 1. The van der Waals surface area contributed by atoms with Gasteiger partial charge in [-0.15, -0.1) is 0 Å². The number of amides is 2. The van der Waals surface area contributed by atoms with E-state index in [4.69, 9.17) is 9.15 Å². The number of nitrogens with one attached hydrogen (secondary N) is 2. The number of rotatable bonds is 4. The Morgan fingerprint density at radius 2 is 1.87 bits per heavy atom. The van der Waals surface area contributed by atoms with Crippen molar-refractivity contribution in [3.8, 4) is 5.75 Å². The second kappa shape index (κ2) is 7.00. The van der Waals surface area contributed by atoms with Crippen LogP contribution in [-0.4, -0.2) is 18.4 Å². The lowest BCUT2D eigenvalue weighted by atomic mass is 10.1. The zero-order valence-electron chi connectivity index (χ0n) is 13.6. The average molecular weight is 316 g/mol. The first kappa shape index (κ1) is 16.6. The molecule has 23 heavy (non-hydrogen) atoms. The third kappa shape index (κ3) is 4.12. The Morgan fingerprint density at radius 3 is 2.52 bits per heavy atom. The van der Waals surface area contributed by atoms with Crippen molar-refractivity contribution in [2.24, 2.45) is 0 Å². The molecule has 0 aliphatic carbocycles. The molecule has 6 nitrogen and oxygen atoms in total. The standard InChI is InChI=1S/C17H20N2O4/c1-10-6-5-7-15(12(10)3)22-9-16(20)18-19-17(21)14-8-11(2)23-13(14)4/h5-8H,9H2,1-4H3,(H,18,20)(H,19,21). The van der Waals surface area contributed by atoms with Crippen molar-refractivity contribution < 1.29 is 18.7 Å². The van der Waals surface area contributed by atoms with Gasteiger partial charge in [0, 0.05) is 0 Å². The summed E-state index contributed by atoms with van der Waals surface area (Å²) in [5.41, 5.74) is 7.11. The van der Waals surface area contributed by atoms with E-state index in [0.29, 0.717) is 22.8 Å². The minimum atomic E-state index is -0.447. The Kier molecular flexibility index (Phi) is 5.05. The number of ether oxygens (including phenoxy) is 1. The molecule has 1 heterocycles. The van der Waals surface area contributed by atoms with Crippen molar-refractivity contribution in [3.63, 3.8) is 0 Å². The Labute approximate surface area is 134 Å². The fourth-order valence-corrected chi connectivity index (χ4v) is 2.11. The van der Waals surface area contributed by atoms with Crippen LogP contribution in [0.15, 0.2) is 28.7 Å². The molecule has 0 unspecified atom stereocenters. The molecule has 0 fully saturated rings. The summed E-state index contributed by atoms with van der Waals surface area (Å²) in [7, 11) is 0. The van der Waals surface area contributed by atoms with Crippen LogP contribution in [-0.2, 0) is 4.79 Å². The zero-order chi connectivity index (χ0) is 17.0. The summed E-state index contributed by atoms with van der Waals surface area (Å²) in [6.45, 7) is 7.15. The van der Waals surface area contributed by atoms with E-state index in [1.807, 2.05) is 26.0 Å². The molecular weight excluding hydrogens is 296 g/mol. The van der Waals surface area contributed by atoms with E-state index in [1.54, 1.807) is 26.0 Å². The zero-order valence-corrected chi connectivity index (χ0v) is 13.6. The second-order valence-corrected chi connectivity index (χ2v) is 5.32. The number of benzene rings is 1. The van der Waals surface area contributed by atoms with E-state index >= 15 is 0 Å². The van der Waals surface area contributed by atoms with Gasteiger partial charge >= 0.3 is 0 Å². The highest BCUT2D eigenvalue weighted by Gasteiger charge is 2.14. The number of hydrogen-bond donors (Lipinski definition) is 2. The highest BCUT2D eigenvalue weighted by Crippen LogP contribution is 2.20. The van der Waals surface area contributed by atoms with Gasteiger partial charge in [-0.25, -0.2) is 0 Å². The minimum Gasteiger partial charge on any atom is -0.483 e. The number of aryl methyl sites for hydroxylation is 3. The Hall–Kier alpha value is -2.76. The number of carbonyl (C=O) groups is 2. The van der Waals surface area contributed by atoms with E-state index in [9.17, 15) is 9.59 Å². The summed E-state index contributed by atoms with van der Waals surface area (Å²) in [4.78, 5) is 23.7. The first-order valence-corrected chi connectivity index (χ1v) is 7.23. The van der Waals surface area contributed by atoms with Crippen LogP contribution >= 0.6 is 0 Å². The second-order valence-electron chi connectivity index (χ2n) is 5.32. The molecule has 2 rings (SSSR count). The molecule has 0 aliphatic heterocycles. The van der Waals surface area contributed by atoms with E-state index in [0.717, 1.165) is 11.1 Å². The molecule has 0 bridgehead atoms. The van der Waals surface area contributed by atoms with E-state index in [-0.39, 0.29) is 6.61 Å². The Balaban J connectivity index is 1.84. The van der Waals surface area contributed by atoms with E-state index < -0.39 is 11.8 Å². The summed E-state index contributed by atoms with van der Waals surface area (Å²) in [5.74, 6) is 0.905. The fraction of sp³-hybridized carbons (Fsp3) is 0.294. The molecular formula is C17H20N2O4. The van der Waals surface area contributed by atoms with Crippen LogP contribution in [0.1, 0.15) is 33.0 Å². The van der Waals surface area contributed by atoms with Gasteiger partial charge in [0.1, 0.15) is 17.3 Å². The SMILES string of the molecule is Cc1cc(C(=O)NNC(=O)COc2cccc(C)c2C)c(C)o1. The van der Waals surface area contributed by atoms with Crippen molar-refractivity contribution in [2.45, 2.75) is 27.7 Å². The van der Waals surface area contributed by atoms with Crippen molar-refractivity contribution in [3.05, 3.63) is 52.5 Å². The van der Waals surface area contributed by atoms with Crippen LogP contribution in [0.25, 0.3) is 0 Å². The quantitative estimate of drug-likeness (QED) is 0.849. The molecule has 1 aromatic heterocycles. The van der Waals surface area contributed by atoms with Crippen molar-refractivity contribution in [1.82, 2.24) is 10.9 Å². The van der Waals surface area contributed by atoms with Crippen molar-refractivity contribution in [1.29, 1.82) is 0 Å². The summed E-state index contributed by atoms with van der Waals surface area (Å²) in [6.07, 6.45) is 0. The van der Waals surface area contributed by atoms with Crippen molar-refractivity contribution >= 4 is 11.8 Å². The predicted octanol–water partition coefficient (Wildman–Crippen LogP) is 2.35. The smallest absolute Gasteiger partial charge is 0.276 e. The normalized spacial score (nSPS) is 10.3. The summed E-state index contributed by atoms with van der Waals surface area (Å²) >= 11 is 0. The largest absolute Gasteiger partial charge is 0.483 e. The first-order chi connectivity index (χ1) is 10.9. The van der Waals surface area contributed by atoms with Gasteiger partial charge < -0.3 is 9.15 Å². The van der Waals surface area contributed by atoms with E-state index in [2.05, 4.69) is 10.9 Å². The van der Waals surface area contributed by atoms with Gasteiger partial charge in [0.2, 0.25) is 0 Å². The van der Waals surface area contributed by atoms with Crippen LogP contribution in [0, 0.1) is 27.7 Å². The molecule has 0 radical (unpaired) electrons. The third-order valence-electron chi connectivity index (χ3n) is 3.51. The monoisotopic (exact) mass is 316 g/mol. The first-order valence-electron chi connectivity index (χ1n) is 7.23. The highest BCUT2D eigenvalue weighted by molar-refractivity contribution is 5.96.